The molecule has 0 aliphatic carbocycles. The number of nitro groups is 1. The third-order valence-electron chi connectivity index (χ3n) is 2.32. The van der Waals surface area contributed by atoms with Gasteiger partial charge in [-0.1, -0.05) is 35.7 Å². The fourth-order valence-electron chi connectivity index (χ4n) is 1.44. The van der Waals surface area contributed by atoms with Gasteiger partial charge in [-0.2, -0.15) is 0 Å². The monoisotopic (exact) mass is 268 g/mol. The summed E-state index contributed by atoms with van der Waals surface area (Å²) in [5, 5.41) is 10.5. The normalized spacial score (nSPS) is 14.7. The fourth-order valence-corrected chi connectivity index (χ4v) is 3.51. The molecule has 1 aliphatic heterocycles. The predicted molar refractivity (Wildman–Crippen MR) is 74.0 cm³/mol. The Morgan fingerprint density at radius 1 is 1.41 bits per heavy atom. The van der Waals surface area contributed by atoms with Gasteiger partial charge in [-0.3, -0.25) is 15.1 Å². The quantitative estimate of drug-likeness (QED) is 0.622. The molecule has 1 aromatic carbocycles. The van der Waals surface area contributed by atoms with Gasteiger partial charge >= 0.3 is 0 Å². The first-order chi connectivity index (χ1) is 8.25. The summed E-state index contributed by atoms with van der Waals surface area (Å²) in [5.74, 6) is 2.07. The minimum Gasteiger partial charge on any atom is -0.271 e. The molecule has 4 nitrogen and oxygen atoms in total. The van der Waals surface area contributed by atoms with Gasteiger partial charge in [0.05, 0.1) is 11.5 Å². The number of aryl methyl sites for hydroxylation is 1. The van der Waals surface area contributed by atoms with E-state index in [0.717, 1.165) is 30.0 Å². The number of nitrogens with zero attached hydrogens (tertiary/aromatic N) is 2. The van der Waals surface area contributed by atoms with E-state index < -0.39 is 0 Å². The highest BCUT2D eigenvalue weighted by atomic mass is 32.2. The van der Waals surface area contributed by atoms with Gasteiger partial charge in [0.15, 0.2) is 0 Å². The summed E-state index contributed by atoms with van der Waals surface area (Å²) in [5.41, 5.74) is 1.28. The molecule has 6 heteroatoms. The first-order valence-electron chi connectivity index (χ1n) is 5.29. The van der Waals surface area contributed by atoms with Gasteiger partial charge in [0, 0.05) is 23.6 Å². The number of nitro benzene ring substituents is 1. The van der Waals surface area contributed by atoms with Crippen LogP contribution in [0.4, 0.5) is 5.69 Å². The molecule has 2 rings (SSSR count). The fraction of sp³-hybridized carbons (Fsp3) is 0.364. The molecule has 0 saturated carbocycles. The highest BCUT2D eigenvalue weighted by Gasteiger charge is 2.08. The lowest BCUT2D eigenvalue weighted by atomic mass is 10.1. The van der Waals surface area contributed by atoms with Gasteiger partial charge in [0.25, 0.3) is 5.69 Å². The van der Waals surface area contributed by atoms with Crippen LogP contribution in [0.1, 0.15) is 5.56 Å². The Labute approximate surface area is 108 Å². The van der Waals surface area contributed by atoms with Crippen molar-refractivity contribution in [1.29, 1.82) is 0 Å². The Morgan fingerprint density at radius 3 is 2.76 bits per heavy atom. The van der Waals surface area contributed by atoms with Crippen LogP contribution in [-0.4, -0.2) is 27.3 Å². The van der Waals surface area contributed by atoms with Gasteiger partial charge in [0.2, 0.25) is 0 Å². The SMILES string of the molecule is O=[N+]([O-])c1ccc(CCSC2=NCCS2)cc1. The van der Waals surface area contributed by atoms with E-state index in [-0.39, 0.29) is 10.6 Å². The van der Waals surface area contributed by atoms with E-state index in [9.17, 15) is 10.1 Å². The molecule has 0 N–H and O–H groups in total. The van der Waals surface area contributed by atoms with Crippen LogP contribution in [0.15, 0.2) is 29.3 Å². The molecule has 0 aromatic heterocycles. The van der Waals surface area contributed by atoms with Crippen molar-refractivity contribution in [3.05, 3.63) is 39.9 Å². The van der Waals surface area contributed by atoms with Crippen molar-refractivity contribution in [2.24, 2.45) is 4.99 Å². The van der Waals surface area contributed by atoms with E-state index >= 15 is 0 Å². The molecule has 0 amide bonds. The maximum Gasteiger partial charge on any atom is 0.269 e. The highest BCUT2D eigenvalue weighted by Crippen LogP contribution is 2.23. The van der Waals surface area contributed by atoms with Crippen LogP contribution in [0, 0.1) is 10.1 Å². The minimum atomic E-state index is -0.373. The van der Waals surface area contributed by atoms with Crippen LogP contribution in [0.5, 0.6) is 0 Å². The lowest BCUT2D eigenvalue weighted by Crippen LogP contribution is -1.92. The standard InChI is InChI=1S/C11H12N2O2S2/c14-13(15)10-3-1-9(2-4-10)5-7-16-11-12-6-8-17-11/h1-4H,5-8H2. The predicted octanol–water partition coefficient (Wildman–Crippen LogP) is 2.97. The average Bonchev–Trinajstić information content (AvgIpc) is 2.83. The van der Waals surface area contributed by atoms with E-state index in [4.69, 9.17) is 0 Å². The highest BCUT2D eigenvalue weighted by molar-refractivity contribution is 8.39. The smallest absolute Gasteiger partial charge is 0.269 e. The summed E-state index contributed by atoms with van der Waals surface area (Å²) in [6.07, 6.45) is 0.919. The van der Waals surface area contributed by atoms with E-state index in [2.05, 4.69) is 4.99 Å². The molecule has 0 saturated heterocycles. The van der Waals surface area contributed by atoms with Gasteiger partial charge < -0.3 is 0 Å². The molecular formula is C11H12N2O2S2. The Bertz CT molecular complexity index is 432. The zero-order valence-electron chi connectivity index (χ0n) is 9.17. The summed E-state index contributed by atoms with van der Waals surface area (Å²) in [6.45, 7) is 0.935. The molecule has 0 bridgehead atoms. The van der Waals surface area contributed by atoms with Gasteiger partial charge in [-0.15, -0.1) is 0 Å². The number of hydrogen-bond acceptors (Lipinski definition) is 5. The van der Waals surface area contributed by atoms with Crippen LogP contribution in [0.2, 0.25) is 0 Å². The lowest BCUT2D eigenvalue weighted by molar-refractivity contribution is -0.384. The maximum atomic E-state index is 10.5. The zero-order chi connectivity index (χ0) is 12.1. The number of benzene rings is 1. The molecule has 1 aromatic rings. The van der Waals surface area contributed by atoms with Gasteiger partial charge in [0.1, 0.15) is 4.38 Å². The minimum absolute atomic E-state index is 0.150. The van der Waals surface area contributed by atoms with E-state index in [1.807, 2.05) is 23.9 Å². The number of hydrogen-bond donors (Lipinski definition) is 0. The Hall–Kier alpha value is -1.01. The summed E-state index contributed by atoms with van der Waals surface area (Å²) in [4.78, 5) is 14.5. The molecule has 0 atom stereocenters. The van der Waals surface area contributed by atoms with E-state index in [1.165, 1.54) is 4.38 Å². The van der Waals surface area contributed by atoms with Gasteiger partial charge in [-0.25, -0.2) is 0 Å². The first-order valence-corrected chi connectivity index (χ1v) is 7.26. The van der Waals surface area contributed by atoms with Crippen LogP contribution >= 0.6 is 23.5 Å². The molecule has 1 aliphatic rings. The number of aliphatic imine (C=N–C) groups is 1. The Kier molecular flexibility index (Phi) is 4.44. The van der Waals surface area contributed by atoms with Crippen LogP contribution in [-0.2, 0) is 6.42 Å². The lowest BCUT2D eigenvalue weighted by Gasteiger charge is -2.01. The zero-order valence-corrected chi connectivity index (χ0v) is 10.8. The second kappa shape index (κ2) is 6.07. The Balaban J connectivity index is 1.80. The summed E-state index contributed by atoms with van der Waals surface area (Å²) in [6, 6.07) is 6.76. The summed E-state index contributed by atoms with van der Waals surface area (Å²) in [7, 11) is 0. The molecule has 90 valence electrons. The number of thioether (sulfide) groups is 2. The molecule has 0 unspecified atom stereocenters. The number of non-ortho nitro benzene ring substituents is 1. The van der Waals surface area contributed by atoms with Crippen molar-refractivity contribution in [3.8, 4) is 0 Å². The van der Waals surface area contributed by atoms with Crippen LogP contribution in [0.3, 0.4) is 0 Å². The largest absolute Gasteiger partial charge is 0.271 e. The summed E-state index contributed by atoms with van der Waals surface area (Å²) < 4.78 is 1.17. The van der Waals surface area contributed by atoms with Crippen molar-refractivity contribution >= 4 is 33.6 Å². The molecular weight excluding hydrogens is 256 g/mol. The van der Waals surface area contributed by atoms with E-state index in [1.54, 1.807) is 23.9 Å². The summed E-state index contributed by atoms with van der Waals surface area (Å²) >= 11 is 3.58. The van der Waals surface area contributed by atoms with Crippen molar-refractivity contribution in [2.75, 3.05) is 18.1 Å². The number of rotatable bonds is 4. The van der Waals surface area contributed by atoms with Gasteiger partial charge in [-0.05, 0) is 12.0 Å². The van der Waals surface area contributed by atoms with E-state index in [0.29, 0.717) is 0 Å². The van der Waals surface area contributed by atoms with Crippen molar-refractivity contribution in [3.63, 3.8) is 0 Å². The Morgan fingerprint density at radius 2 is 2.18 bits per heavy atom. The third kappa shape index (κ3) is 3.74. The molecule has 0 fully saturated rings. The third-order valence-corrected chi connectivity index (χ3v) is 4.58. The van der Waals surface area contributed by atoms with Crippen molar-refractivity contribution in [2.45, 2.75) is 6.42 Å². The maximum absolute atomic E-state index is 10.5. The first kappa shape index (κ1) is 12.4. The van der Waals surface area contributed by atoms with Crippen molar-refractivity contribution in [1.82, 2.24) is 0 Å². The molecule has 0 spiro atoms. The average molecular weight is 268 g/mol. The molecule has 0 radical (unpaired) electrons. The second-order valence-corrected chi connectivity index (χ2v) is 5.94. The van der Waals surface area contributed by atoms with Crippen molar-refractivity contribution < 1.29 is 4.92 Å². The van der Waals surface area contributed by atoms with Crippen LogP contribution in [0.25, 0.3) is 0 Å². The molecule has 17 heavy (non-hydrogen) atoms. The second-order valence-electron chi connectivity index (χ2n) is 3.52. The molecule has 1 heterocycles. The topological polar surface area (TPSA) is 55.5 Å². The van der Waals surface area contributed by atoms with Crippen LogP contribution < -0.4 is 0 Å².